The molecule has 1 heterocycles. The number of nitrogens with one attached hydrogen (secondary N) is 1. The molecule has 1 aliphatic heterocycles. The van der Waals surface area contributed by atoms with E-state index in [1.54, 1.807) is 24.3 Å². The quantitative estimate of drug-likeness (QED) is 0.771. The molecule has 2 aromatic rings. The van der Waals surface area contributed by atoms with E-state index in [4.69, 9.17) is 9.47 Å². The molecule has 0 saturated carbocycles. The van der Waals surface area contributed by atoms with Gasteiger partial charge in [0.2, 0.25) is 5.91 Å². The molecule has 9 heteroatoms. The number of piperazine rings is 1. The van der Waals surface area contributed by atoms with Gasteiger partial charge in [-0.25, -0.2) is 0 Å². The summed E-state index contributed by atoms with van der Waals surface area (Å²) >= 11 is 0. The van der Waals surface area contributed by atoms with Crippen LogP contribution in [0.1, 0.15) is 5.56 Å². The van der Waals surface area contributed by atoms with E-state index >= 15 is 0 Å². The molecule has 0 radical (unpaired) electrons. The van der Waals surface area contributed by atoms with Crippen LogP contribution in [0.3, 0.4) is 0 Å². The molecule has 162 valence electrons. The summed E-state index contributed by atoms with van der Waals surface area (Å²) in [6, 6.07) is 10.4. The third-order valence-electron chi connectivity index (χ3n) is 4.95. The predicted molar refractivity (Wildman–Crippen MR) is 108 cm³/mol. The summed E-state index contributed by atoms with van der Waals surface area (Å²) in [5.41, 5.74) is 0.483. The predicted octanol–water partition coefficient (Wildman–Crippen LogP) is 3.48. The summed E-state index contributed by atoms with van der Waals surface area (Å²) in [6.07, 6.45) is -4.36. The maximum atomic E-state index is 12.9. The highest BCUT2D eigenvalue weighted by Crippen LogP contribution is 2.32. The Kier molecular flexibility index (Phi) is 6.71. The normalized spacial score (nSPS) is 15.0. The van der Waals surface area contributed by atoms with Gasteiger partial charge in [-0.2, -0.15) is 13.2 Å². The third-order valence-corrected chi connectivity index (χ3v) is 4.95. The van der Waals surface area contributed by atoms with Crippen molar-refractivity contribution >= 4 is 17.3 Å². The molecule has 1 amide bonds. The van der Waals surface area contributed by atoms with Gasteiger partial charge in [0, 0.05) is 43.6 Å². The van der Waals surface area contributed by atoms with Gasteiger partial charge in [-0.15, -0.1) is 0 Å². The lowest BCUT2D eigenvalue weighted by Gasteiger charge is -2.36. The largest absolute Gasteiger partial charge is 0.493 e. The molecule has 0 aromatic heterocycles. The van der Waals surface area contributed by atoms with Crippen LogP contribution in [-0.2, 0) is 11.0 Å². The number of amides is 1. The van der Waals surface area contributed by atoms with Gasteiger partial charge in [0.05, 0.1) is 26.3 Å². The molecule has 0 bridgehead atoms. The second-order valence-electron chi connectivity index (χ2n) is 6.93. The fourth-order valence-corrected chi connectivity index (χ4v) is 3.36. The summed E-state index contributed by atoms with van der Waals surface area (Å²) in [4.78, 5) is 16.3. The summed E-state index contributed by atoms with van der Waals surface area (Å²) in [6.45, 7) is 2.45. The summed E-state index contributed by atoms with van der Waals surface area (Å²) in [5, 5.41) is 2.83. The number of ether oxygens (including phenoxy) is 2. The first-order valence-corrected chi connectivity index (χ1v) is 9.46. The first-order valence-electron chi connectivity index (χ1n) is 9.46. The van der Waals surface area contributed by atoms with Crippen LogP contribution in [0.2, 0.25) is 0 Å². The van der Waals surface area contributed by atoms with E-state index in [1.807, 2.05) is 9.80 Å². The van der Waals surface area contributed by atoms with Crippen LogP contribution in [0.25, 0.3) is 0 Å². The highest BCUT2D eigenvalue weighted by molar-refractivity contribution is 5.92. The molecular formula is C21H24F3N3O3. The summed E-state index contributed by atoms with van der Waals surface area (Å²) < 4.78 is 49.2. The smallest absolute Gasteiger partial charge is 0.416 e. The lowest BCUT2D eigenvalue weighted by atomic mass is 10.1. The molecule has 2 aromatic carbocycles. The molecule has 0 spiro atoms. The van der Waals surface area contributed by atoms with Crippen LogP contribution in [0.4, 0.5) is 24.5 Å². The Hall–Kier alpha value is -2.94. The minimum Gasteiger partial charge on any atom is -0.493 e. The van der Waals surface area contributed by atoms with Crippen LogP contribution < -0.4 is 19.7 Å². The first kappa shape index (κ1) is 21.8. The van der Waals surface area contributed by atoms with E-state index in [1.165, 1.54) is 26.4 Å². The lowest BCUT2D eigenvalue weighted by Crippen LogP contribution is -2.48. The Labute approximate surface area is 173 Å². The zero-order valence-corrected chi connectivity index (χ0v) is 16.8. The molecule has 0 aliphatic carbocycles. The Bertz CT molecular complexity index is 881. The van der Waals surface area contributed by atoms with Crippen molar-refractivity contribution in [1.82, 2.24) is 4.90 Å². The van der Waals surface area contributed by atoms with Crippen molar-refractivity contribution < 1.29 is 27.4 Å². The average Bonchev–Trinajstić information content (AvgIpc) is 2.73. The first-order chi connectivity index (χ1) is 14.3. The number of hydrogen-bond donors (Lipinski definition) is 1. The van der Waals surface area contributed by atoms with E-state index in [9.17, 15) is 18.0 Å². The van der Waals surface area contributed by atoms with Gasteiger partial charge in [-0.1, -0.05) is 6.07 Å². The van der Waals surface area contributed by atoms with Crippen LogP contribution in [0.5, 0.6) is 11.5 Å². The van der Waals surface area contributed by atoms with Gasteiger partial charge in [0.1, 0.15) is 0 Å². The Morgan fingerprint density at radius 1 is 1.00 bits per heavy atom. The number of benzene rings is 2. The molecule has 30 heavy (non-hydrogen) atoms. The number of hydrogen-bond acceptors (Lipinski definition) is 5. The Morgan fingerprint density at radius 2 is 1.70 bits per heavy atom. The van der Waals surface area contributed by atoms with Gasteiger partial charge in [0.25, 0.3) is 0 Å². The van der Waals surface area contributed by atoms with Crippen LogP contribution >= 0.6 is 0 Å². The van der Waals surface area contributed by atoms with Crippen molar-refractivity contribution in [3.8, 4) is 11.5 Å². The van der Waals surface area contributed by atoms with E-state index in [-0.39, 0.29) is 12.5 Å². The maximum absolute atomic E-state index is 12.9. The van der Waals surface area contributed by atoms with Gasteiger partial charge in [-0.3, -0.25) is 9.69 Å². The number of carbonyl (C=O) groups is 1. The highest BCUT2D eigenvalue weighted by atomic mass is 19.4. The zero-order chi connectivity index (χ0) is 21.7. The van der Waals surface area contributed by atoms with Gasteiger partial charge in [0.15, 0.2) is 11.5 Å². The van der Waals surface area contributed by atoms with E-state index in [0.29, 0.717) is 49.1 Å². The van der Waals surface area contributed by atoms with Crippen molar-refractivity contribution in [3.63, 3.8) is 0 Å². The monoisotopic (exact) mass is 423 g/mol. The minimum atomic E-state index is -4.36. The number of nitrogens with zero attached hydrogens (tertiary/aromatic N) is 2. The average molecular weight is 423 g/mol. The maximum Gasteiger partial charge on any atom is 0.416 e. The van der Waals surface area contributed by atoms with Crippen LogP contribution in [0.15, 0.2) is 42.5 Å². The molecule has 1 saturated heterocycles. The number of methoxy groups -OCH3 is 2. The number of anilines is 2. The van der Waals surface area contributed by atoms with Crippen LogP contribution in [0, 0.1) is 0 Å². The Balaban J connectivity index is 1.53. The summed E-state index contributed by atoms with van der Waals surface area (Å²) in [7, 11) is 3.06. The molecular weight excluding hydrogens is 399 g/mol. The van der Waals surface area contributed by atoms with Crippen molar-refractivity contribution in [3.05, 3.63) is 48.0 Å². The molecule has 0 atom stereocenters. The van der Waals surface area contributed by atoms with Gasteiger partial charge < -0.3 is 19.7 Å². The number of alkyl halides is 3. The van der Waals surface area contributed by atoms with Crippen molar-refractivity contribution in [2.24, 2.45) is 0 Å². The number of carbonyl (C=O) groups excluding carboxylic acids is 1. The molecule has 1 aliphatic rings. The lowest BCUT2D eigenvalue weighted by molar-refractivity contribution is -0.137. The van der Waals surface area contributed by atoms with Crippen molar-refractivity contribution in [2.75, 3.05) is 57.2 Å². The summed E-state index contributed by atoms with van der Waals surface area (Å²) in [5.74, 6) is 0.918. The SMILES string of the molecule is COc1ccc(NC(=O)CN2CCN(c3cccc(C(F)(F)F)c3)CC2)cc1OC. The third kappa shape index (κ3) is 5.35. The molecule has 1 fully saturated rings. The number of rotatable bonds is 6. The Morgan fingerprint density at radius 3 is 2.33 bits per heavy atom. The van der Waals surface area contributed by atoms with E-state index < -0.39 is 11.7 Å². The van der Waals surface area contributed by atoms with E-state index in [0.717, 1.165) is 6.07 Å². The highest BCUT2D eigenvalue weighted by Gasteiger charge is 2.31. The minimum absolute atomic E-state index is 0.172. The molecule has 3 rings (SSSR count). The fourth-order valence-electron chi connectivity index (χ4n) is 3.36. The zero-order valence-electron chi connectivity index (χ0n) is 16.8. The topological polar surface area (TPSA) is 54.0 Å². The van der Waals surface area contributed by atoms with Gasteiger partial charge >= 0.3 is 6.18 Å². The second-order valence-corrected chi connectivity index (χ2v) is 6.93. The fraction of sp³-hybridized carbons (Fsp3) is 0.381. The van der Waals surface area contributed by atoms with E-state index in [2.05, 4.69) is 5.32 Å². The second kappa shape index (κ2) is 9.25. The molecule has 1 N–H and O–H groups in total. The molecule has 6 nitrogen and oxygen atoms in total. The van der Waals surface area contributed by atoms with Crippen molar-refractivity contribution in [1.29, 1.82) is 0 Å². The standard InChI is InChI=1S/C21H24F3N3O3/c1-29-18-7-6-16(13-19(18)30-2)25-20(28)14-26-8-10-27(11-9-26)17-5-3-4-15(12-17)21(22,23)24/h3-7,12-13H,8-11,14H2,1-2H3,(H,25,28). The van der Waals surface area contributed by atoms with Crippen molar-refractivity contribution in [2.45, 2.75) is 6.18 Å². The van der Waals surface area contributed by atoms with Crippen LogP contribution in [-0.4, -0.2) is 57.8 Å². The van der Waals surface area contributed by atoms with Gasteiger partial charge in [-0.05, 0) is 30.3 Å². The number of halogens is 3. The molecule has 0 unspecified atom stereocenters.